The molecule has 0 fully saturated rings. The molecule has 0 radical (unpaired) electrons. The summed E-state index contributed by atoms with van der Waals surface area (Å²) in [6.45, 7) is 0.100. The van der Waals surface area contributed by atoms with Crippen LogP contribution in [0.3, 0.4) is 0 Å². The highest BCUT2D eigenvalue weighted by atomic mass is 35.5. The number of ether oxygens (including phenoxy) is 1. The first-order valence-corrected chi connectivity index (χ1v) is 5.65. The average molecular weight is 266 g/mol. The summed E-state index contributed by atoms with van der Waals surface area (Å²) in [7, 11) is 1.63. The number of halogens is 1. The number of hydrogen-bond donors (Lipinski definition) is 1. The Kier molecular flexibility index (Phi) is 3.53. The summed E-state index contributed by atoms with van der Waals surface area (Å²) in [6.07, 6.45) is 1.41. The number of hydrogen-bond acceptors (Lipinski definition) is 4. The van der Waals surface area contributed by atoms with Crippen LogP contribution in [0, 0.1) is 0 Å². The number of rotatable bonds is 3. The number of benzene rings is 1. The number of nitrogen functional groups attached to an aromatic ring is 1. The second-order valence-corrected chi connectivity index (χ2v) is 4.15. The first kappa shape index (κ1) is 12.4. The molecule has 2 rings (SSSR count). The topological polar surface area (TPSA) is 70.1 Å². The smallest absolute Gasteiger partial charge is 0.359 e. The van der Waals surface area contributed by atoms with Crippen LogP contribution in [0.1, 0.15) is 16.1 Å². The van der Waals surface area contributed by atoms with E-state index < -0.39 is 5.97 Å². The predicted molar refractivity (Wildman–Crippen MR) is 68.2 cm³/mol. The van der Waals surface area contributed by atoms with Gasteiger partial charge in [0.1, 0.15) is 6.61 Å². The minimum absolute atomic E-state index is 0.100. The summed E-state index contributed by atoms with van der Waals surface area (Å²) >= 11 is 5.96. The van der Waals surface area contributed by atoms with Crippen LogP contribution >= 0.6 is 11.6 Å². The molecular formula is C12H12ClN3O2. The van der Waals surface area contributed by atoms with Crippen LogP contribution < -0.4 is 5.73 Å². The van der Waals surface area contributed by atoms with Gasteiger partial charge in [0, 0.05) is 17.6 Å². The van der Waals surface area contributed by atoms with Gasteiger partial charge in [-0.1, -0.05) is 29.8 Å². The molecule has 0 saturated heterocycles. The number of carbonyl (C=O) groups excluding carboxylic acids is 1. The van der Waals surface area contributed by atoms with Crippen molar-refractivity contribution < 1.29 is 9.53 Å². The van der Waals surface area contributed by atoms with Crippen molar-refractivity contribution in [2.75, 3.05) is 5.73 Å². The van der Waals surface area contributed by atoms with Gasteiger partial charge in [-0.05, 0) is 6.07 Å². The Bertz CT molecular complexity index is 561. The molecule has 2 N–H and O–H groups in total. The van der Waals surface area contributed by atoms with Gasteiger partial charge in [-0.3, -0.25) is 4.68 Å². The molecule has 0 atom stereocenters. The van der Waals surface area contributed by atoms with E-state index in [1.54, 1.807) is 19.2 Å². The Morgan fingerprint density at radius 3 is 2.83 bits per heavy atom. The molecule has 1 heterocycles. The fourth-order valence-corrected chi connectivity index (χ4v) is 1.72. The Labute approximate surface area is 109 Å². The Hall–Kier alpha value is -2.01. The maximum absolute atomic E-state index is 11.8. The fraction of sp³-hybridized carbons (Fsp3) is 0.167. The van der Waals surface area contributed by atoms with Gasteiger partial charge in [-0.2, -0.15) is 5.10 Å². The van der Waals surface area contributed by atoms with Gasteiger partial charge in [0.25, 0.3) is 0 Å². The lowest BCUT2D eigenvalue weighted by molar-refractivity contribution is 0.0461. The highest BCUT2D eigenvalue weighted by Gasteiger charge is 2.16. The fourth-order valence-electron chi connectivity index (χ4n) is 1.53. The summed E-state index contributed by atoms with van der Waals surface area (Å²) in [6, 6.07) is 7.17. The highest BCUT2D eigenvalue weighted by Crippen LogP contribution is 2.17. The summed E-state index contributed by atoms with van der Waals surface area (Å²) < 4.78 is 6.53. The third-order valence-corrected chi connectivity index (χ3v) is 2.85. The van der Waals surface area contributed by atoms with Crippen LogP contribution in [0.2, 0.25) is 5.02 Å². The molecule has 6 heteroatoms. The van der Waals surface area contributed by atoms with Gasteiger partial charge in [0.15, 0.2) is 5.69 Å². The van der Waals surface area contributed by atoms with Crippen LogP contribution in [-0.4, -0.2) is 15.7 Å². The van der Waals surface area contributed by atoms with Crippen LogP contribution in [0.25, 0.3) is 0 Å². The maximum atomic E-state index is 11.8. The molecule has 0 unspecified atom stereocenters. The van der Waals surface area contributed by atoms with Crippen LogP contribution in [0.4, 0.5) is 5.69 Å². The lowest BCUT2D eigenvalue weighted by Gasteiger charge is -2.07. The molecule has 5 nitrogen and oxygen atoms in total. The van der Waals surface area contributed by atoms with Crippen LogP contribution in [0.15, 0.2) is 30.5 Å². The first-order valence-electron chi connectivity index (χ1n) is 5.27. The van der Waals surface area contributed by atoms with Gasteiger partial charge in [-0.15, -0.1) is 0 Å². The van der Waals surface area contributed by atoms with Crippen molar-refractivity contribution in [1.29, 1.82) is 0 Å². The van der Waals surface area contributed by atoms with E-state index in [4.69, 9.17) is 22.1 Å². The van der Waals surface area contributed by atoms with Gasteiger partial charge in [0.2, 0.25) is 0 Å². The number of nitrogens with zero attached hydrogens (tertiary/aromatic N) is 2. The Morgan fingerprint density at radius 2 is 2.22 bits per heavy atom. The quantitative estimate of drug-likeness (QED) is 0.862. The monoisotopic (exact) mass is 265 g/mol. The van der Waals surface area contributed by atoms with E-state index >= 15 is 0 Å². The maximum Gasteiger partial charge on any atom is 0.359 e. The molecular weight excluding hydrogens is 254 g/mol. The summed E-state index contributed by atoms with van der Waals surface area (Å²) in [5.74, 6) is -0.521. The van der Waals surface area contributed by atoms with Crippen molar-refractivity contribution >= 4 is 23.3 Å². The van der Waals surface area contributed by atoms with Crippen molar-refractivity contribution in [3.05, 3.63) is 46.7 Å². The van der Waals surface area contributed by atoms with E-state index in [-0.39, 0.29) is 12.3 Å². The number of aryl methyl sites for hydroxylation is 1. The summed E-state index contributed by atoms with van der Waals surface area (Å²) in [5.41, 5.74) is 6.91. The molecule has 1 aromatic heterocycles. The van der Waals surface area contributed by atoms with Crippen LogP contribution in [-0.2, 0) is 18.4 Å². The van der Waals surface area contributed by atoms with Gasteiger partial charge >= 0.3 is 5.97 Å². The first-order chi connectivity index (χ1) is 8.59. The van der Waals surface area contributed by atoms with E-state index in [0.29, 0.717) is 10.7 Å². The average Bonchev–Trinajstić information content (AvgIpc) is 2.68. The Morgan fingerprint density at radius 1 is 1.50 bits per heavy atom. The lowest BCUT2D eigenvalue weighted by Crippen LogP contribution is -2.12. The molecule has 0 aliphatic rings. The van der Waals surface area contributed by atoms with Crippen molar-refractivity contribution in [3.63, 3.8) is 0 Å². The van der Waals surface area contributed by atoms with E-state index in [9.17, 15) is 4.79 Å². The molecule has 0 saturated carbocycles. The molecule has 18 heavy (non-hydrogen) atoms. The number of carbonyl (C=O) groups is 1. The van der Waals surface area contributed by atoms with Gasteiger partial charge < -0.3 is 10.5 Å². The van der Waals surface area contributed by atoms with Gasteiger partial charge in [0.05, 0.1) is 11.9 Å². The molecule has 1 aromatic carbocycles. The zero-order valence-electron chi connectivity index (χ0n) is 9.76. The second-order valence-electron chi connectivity index (χ2n) is 3.74. The third-order valence-electron chi connectivity index (χ3n) is 2.48. The van der Waals surface area contributed by atoms with Crippen molar-refractivity contribution in [1.82, 2.24) is 9.78 Å². The zero-order valence-corrected chi connectivity index (χ0v) is 10.5. The zero-order chi connectivity index (χ0) is 13.1. The molecule has 0 amide bonds. The van der Waals surface area contributed by atoms with Crippen molar-refractivity contribution in [2.24, 2.45) is 7.05 Å². The van der Waals surface area contributed by atoms with Gasteiger partial charge in [-0.25, -0.2) is 4.79 Å². The van der Waals surface area contributed by atoms with Crippen molar-refractivity contribution in [3.8, 4) is 0 Å². The lowest BCUT2D eigenvalue weighted by atomic mass is 10.2. The number of anilines is 1. The molecule has 0 spiro atoms. The summed E-state index contributed by atoms with van der Waals surface area (Å²) in [4.78, 5) is 11.8. The largest absolute Gasteiger partial charge is 0.456 e. The molecule has 94 valence electrons. The van der Waals surface area contributed by atoms with E-state index in [0.717, 1.165) is 5.56 Å². The van der Waals surface area contributed by atoms with E-state index in [1.807, 2.05) is 12.1 Å². The number of aromatic nitrogens is 2. The molecule has 0 bridgehead atoms. The minimum Gasteiger partial charge on any atom is -0.456 e. The standard InChI is InChI=1S/C12H12ClN3O2/c1-16-11(10(14)6-15-16)12(17)18-7-8-4-2-3-5-9(8)13/h2-6H,7,14H2,1H3. The molecule has 0 aliphatic heterocycles. The summed E-state index contributed by atoms with van der Waals surface area (Å²) in [5, 5.41) is 4.43. The highest BCUT2D eigenvalue weighted by molar-refractivity contribution is 6.31. The van der Waals surface area contributed by atoms with Crippen molar-refractivity contribution in [2.45, 2.75) is 6.61 Å². The molecule has 0 aliphatic carbocycles. The van der Waals surface area contributed by atoms with E-state index in [1.165, 1.54) is 10.9 Å². The second kappa shape index (κ2) is 5.10. The normalized spacial score (nSPS) is 10.3. The van der Waals surface area contributed by atoms with Crippen LogP contribution in [0.5, 0.6) is 0 Å². The number of nitrogens with two attached hydrogens (primary N) is 1. The predicted octanol–water partition coefficient (Wildman–Crippen LogP) is 2.01. The molecule has 2 aromatic rings. The minimum atomic E-state index is -0.521. The SMILES string of the molecule is Cn1ncc(N)c1C(=O)OCc1ccccc1Cl. The van der Waals surface area contributed by atoms with E-state index in [2.05, 4.69) is 5.10 Å². The Balaban J connectivity index is 2.08. The third kappa shape index (κ3) is 2.46. The number of esters is 1.